The predicted molar refractivity (Wildman–Crippen MR) is 138 cm³/mol. The van der Waals surface area contributed by atoms with Crippen LogP contribution in [0.15, 0.2) is 72.8 Å². The lowest BCUT2D eigenvalue weighted by atomic mass is 9.85. The number of anilines is 1. The van der Waals surface area contributed by atoms with Gasteiger partial charge in [-0.2, -0.15) is 0 Å². The van der Waals surface area contributed by atoms with Crippen molar-refractivity contribution < 1.29 is 14.3 Å². The SMILES string of the molecule is CCOC(=O)C(C)N1CN(c2ccccc2)C2(CCN(Cc3cccc4ccccc34)CC2)C1=O. The first-order valence-corrected chi connectivity index (χ1v) is 12.5. The van der Waals surface area contributed by atoms with E-state index in [4.69, 9.17) is 4.74 Å². The molecule has 3 aromatic rings. The van der Waals surface area contributed by atoms with E-state index in [0.717, 1.165) is 38.2 Å². The molecule has 0 radical (unpaired) electrons. The van der Waals surface area contributed by atoms with E-state index in [-0.39, 0.29) is 11.9 Å². The number of benzene rings is 3. The highest BCUT2D eigenvalue weighted by Crippen LogP contribution is 2.40. The van der Waals surface area contributed by atoms with Crippen LogP contribution in [0.5, 0.6) is 0 Å². The second kappa shape index (κ2) is 9.70. The number of esters is 1. The highest BCUT2D eigenvalue weighted by Gasteiger charge is 2.55. The van der Waals surface area contributed by atoms with Crippen LogP contribution in [0.1, 0.15) is 32.3 Å². The maximum absolute atomic E-state index is 13.9. The molecule has 2 heterocycles. The number of carbonyl (C=O) groups is 2. The van der Waals surface area contributed by atoms with Gasteiger partial charge in [-0.25, -0.2) is 4.79 Å². The van der Waals surface area contributed by atoms with Crippen LogP contribution < -0.4 is 4.90 Å². The number of nitrogens with zero attached hydrogens (tertiary/aromatic N) is 3. The van der Waals surface area contributed by atoms with Crippen molar-refractivity contribution in [3.63, 3.8) is 0 Å². The molecular formula is C29H33N3O3. The number of hydrogen-bond acceptors (Lipinski definition) is 5. The van der Waals surface area contributed by atoms with Gasteiger partial charge in [-0.1, -0.05) is 60.7 Å². The molecule has 2 fully saturated rings. The van der Waals surface area contributed by atoms with E-state index >= 15 is 0 Å². The molecule has 6 heteroatoms. The number of hydrogen-bond donors (Lipinski definition) is 0. The molecule has 0 N–H and O–H groups in total. The van der Waals surface area contributed by atoms with Gasteiger partial charge < -0.3 is 14.5 Å². The van der Waals surface area contributed by atoms with Gasteiger partial charge in [0.2, 0.25) is 0 Å². The van der Waals surface area contributed by atoms with E-state index in [0.29, 0.717) is 13.3 Å². The Morgan fingerprint density at radius 2 is 1.66 bits per heavy atom. The number of likely N-dealkylation sites (tertiary alicyclic amines) is 1. The van der Waals surface area contributed by atoms with Gasteiger partial charge in [0, 0.05) is 25.3 Å². The maximum Gasteiger partial charge on any atom is 0.328 e. The third-order valence-electron chi connectivity index (χ3n) is 7.59. The number of rotatable bonds is 6. The predicted octanol–water partition coefficient (Wildman–Crippen LogP) is 4.43. The fourth-order valence-electron chi connectivity index (χ4n) is 5.60. The molecule has 2 aliphatic rings. The lowest BCUT2D eigenvalue weighted by Gasteiger charge is -2.43. The fraction of sp³-hybridized carbons (Fsp3) is 0.379. The van der Waals surface area contributed by atoms with E-state index in [2.05, 4.69) is 64.4 Å². The van der Waals surface area contributed by atoms with Crippen LogP contribution in [0, 0.1) is 0 Å². The summed E-state index contributed by atoms with van der Waals surface area (Å²) in [4.78, 5) is 32.8. The number of para-hydroxylation sites is 1. The average Bonchev–Trinajstić information content (AvgIpc) is 3.17. The van der Waals surface area contributed by atoms with Crippen molar-refractivity contribution in [3.8, 4) is 0 Å². The van der Waals surface area contributed by atoms with Crippen molar-refractivity contribution in [2.24, 2.45) is 0 Å². The summed E-state index contributed by atoms with van der Waals surface area (Å²) in [5.41, 5.74) is 1.69. The molecule has 0 aliphatic carbocycles. The summed E-state index contributed by atoms with van der Waals surface area (Å²) in [6.07, 6.45) is 1.44. The molecule has 2 aliphatic heterocycles. The topological polar surface area (TPSA) is 53.1 Å². The van der Waals surface area contributed by atoms with Gasteiger partial charge in [0.05, 0.1) is 13.3 Å². The molecule has 35 heavy (non-hydrogen) atoms. The third-order valence-corrected chi connectivity index (χ3v) is 7.59. The summed E-state index contributed by atoms with van der Waals surface area (Å²) in [7, 11) is 0. The fourth-order valence-corrected chi connectivity index (χ4v) is 5.60. The molecule has 1 spiro atoms. The number of carbonyl (C=O) groups excluding carboxylic acids is 2. The summed E-state index contributed by atoms with van der Waals surface area (Å²) >= 11 is 0. The van der Waals surface area contributed by atoms with Gasteiger partial charge in [-0.05, 0) is 55.2 Å². The average molecular weight is 472 g/mol. The largest absolute Gasteiger partial charge is 0.464 e. The summed E-state index contributed by atoms with van der Waals surface area (Å²) in [6.45, 7) is 6.77. The first-order valence-electron chi connectivity index (χ1n) is 12.5. The van der Waals surface area contributed by atoms with Gasteiger partial charge in [-0.15, -0.1) is 0 Å². The highest BCUT2D eigenvalue weighted by atomic mass is 16.5. The van der Waals surface area contributed by atoms with Crippen LogP contribution in [0.25, 0.3) is 10.8 Å². The Hall–Kier alpha value is -3.38. The molecule has 1 atom stereocenters. The van der Waals surface area contributed by atoms with Crippen molar-refractivity contribution in [2.75, 3.05) is 31.3 Å². The Morgan fingerprint density at radius 3 is 2.40 bits per heavy atom. The van der Waals surface area contributed by atoms with Crippen molar-refractivity contribution >= 4 is 28.3 Å². The van der Waals surface area contributed by atoms with Crippen LogP contribution in [-0.2, 0) is 20.9 Å². The van der Waals surface area contributed by atoms with E-state index in [1.165, 1.54) is 16.3 Å². The first-order chi connectivity index (χ1) is 17.0. The Balaban J connectivity index is 1.38. The normalized spacial score (nSPS) is 18.9. The van der Waals surface area contributed by atoms with Crippen molar-refractivity contribution in [1.82, 2.24) is 9.80 Å². The lowest BCUT2D eigenvalue weighted by Crippen LogP contribution is -2.56. The highest BCUT2D eigenvalue weighted by molar-refractivity contribution is 5.96. The van der Waals surface area contributed by atoms with Crippen LogP contribution in [0.4, 0.5) is 5.69 Å². The zero-order chi connectivity index (χ0) is 24.4. The molecule has 0 bridgehead atoms. The van der Waals surface area contributed by atoms with E-state index in [1.54, 1.807) is 18.7 Å². The Morgan fingerprint density at radius 1 is 0.971 bits per heavy atom. The molecular weight excluding hydrogens is 438 g/mol. The second-order valence-electron chi connectivity index (χ2n) is 9.55. The van der Waals surface area contributed by atoms with Crippen molar-refractivity contribution in [2.45, 2.75) is 44.8 Å². The minimum absolute atomic E-state index is 0.0340. The Labute approximate surface area is 207 Å². The molecule has 5 rings (SSSR count). The molecule has 1 unspecified atom stereocenters. The van der Waals surface area contributed by atoms with E-state index in [9.17, 15) is 9.59 Å². The quantitative estimate of drug-likeness (QED) is 0.498. The zero-order valence-corrected chi connectivity index (χ0v) is 20.5. The van der Waals surface area contributed by atoms with Gasteiger partial charge >= 0.3 is 5.97 Å². The van der Waals surface area contributed by atoms with E-state index < -0.39 is 11.6 Å². The van der Waals surface area contributed by atoms with Crippen LogP contribution in [0.2, 0.25) is 0 Å². The summed E-state index contributed by atoms with van der Waals surface area (Å²) in [5.74, 6) is -0.314. The van der Waals surface area contributed by atoms with Crippen molar-refractivity contribution in [3.05, 3.63) is 78.4 Å². The summed E-state index contributed by atoms with van der Waals surface area (Å²) in [6, 6.07) is 24.4. The van der Waals surface area contributed by atoms with Gasteiger partial charge in [-0.3, -0.25) is 9.69 Å². The Kier molecular flexibility index (Phi) is 6.48. The van der Waals surface area contributed by atoms with Crippen LogP contribution in [0.3, 0.4) is 0 Å². The summed E-state index contributed by atoms with van der Waals surface area (Å²) in [5, 5.41) is 2.54. The van der Waals surface area contributed by atoms with Crippen molar-refractivity contribution in [1.29, 1.82) is 0 Å². The molecule has 0 saturated carbocycles. The molecule has 182 valence electrons. The maximum atomic E-state index is 13.9. The van der Waals surface area contributed by atoms with Gasteiger partial charge in [0.1, 0.15) is 11.6 Å². The first kappa shape index (κ1) is 23.4. The number of fused-ring (bicyclic) bond motifs is 1. The number of ether oxygens (including phenoxy) is 1. The lowest BCUT2D eigenvalue weighted by molar-refractivity contribution is -0.153. The summed E-state index contributed by atoms with van der Waals surface area (Å²) < 4.78 is 5.24. The van der Waals surface area contributed by atoms with Crippen LogP contribution in [-0.4, -0.2) is 59.6 Å². The number of amides is 1. The third kappa shape index (κ3) is 4.27. The number of piperidine rings is 1. The molecule has 1 amide bonds. The second-order valence-corrected chi connectivity index (χ2v) is 9.55. The van der Waals surface area contributed by atoms with Gasteiger partial charge in [0.15, 0.2) is 0 Å². The minimum atomic E-state index is -0.642. The van der Waals surface area contributed by atoms with Gasteiger partial charge in [0.25, 0.3) is 5.91 Å². The van der Waals surface area contributed by atoms with Crippen LogP contribution >= 0.6 is 0 Å². The zero-order valence-electron chi connectivity index (χ0n) is 20.5. The molecule has 6 nitrogen and oxygen atoms in total. The molecule has 2 saturated heterocycles. The molecule has 0 aromatic heterocycles. The Bertz CT molecular complexity index is 1200. The van der Waals surface area contributed by atoms with E-state index in [1.807, 2.05) is 18.2 Å². The smallest absolute Gasteiger partial charge is 0.328 e. The monoisotopic (exact) mass is 471 g/mol. The molecule has 3 aromatic carbocycles. The standard InChI is InChI=1S/C29H33N3O3/c1-3-35-27(33)22(2)31-21-32(25-13-5-4-6-14-25)29(28(31)34)16-18-30(19-17-29)20-24-12-9-11-23-10-7-8-15-26(23)24/h4-15,22H,3,16-21H2,1-2H3. The minimum Gasteiger partial charge on any atom is -0.464 e.